The number of halogens is 1. The molecule has 0 fully saturated rings. The number of thioether (sulfide) groups is 1. The normalized spacial score (nSPS) is 10.5. The summed E-state index contributed by atoms with van der Waals surface area (Å²) in [6.07, 6.45) is 3.21. The monoisotopic (exact) mass is 333 g/mol. The van der Waals surface area contributed by atoms with E-state index in [0.29, 0.717) is 19.4 Å². The van der Waals surface area contributed by atoms with E-state index in [9.17, 15) is 4.79 Å². The second kappa shape index (κ2) is 8.25. The highest BCUT2D eigenvalue weighted by atomic mass is 35.5. The van der Waals surface area contributed by atoms with Gasteiger partial charge in [-0.15, -0.1) is 11.8 Å². The number of nitrogens with zero attached hydrogens (tertiary/aromatic N) is 1. The molecule has 22 heavy (non-hydrogen) atoms. The number of amides is 1. The van der Waals surface area contributed by atoms with Crippen LogP contribution >= 0.6 is 23.4 Å². The predicted molar refractivity (Wildman–Crippen MR) is 94.5 cm³/mol. The molecule has 2 rings (SSSR count). The average molecular weight is 334 g/mol. The third kappa shape index (κ3) is 4.79. The van der Waals surface area contributed by atoms with Crippen LogP contribution in [0, 0.1) is 0 Å². The van der Waals surface area contributed by atoms with Crippen LogP contribution in [-0.4, -0.2) is 24.1 Å². The summed E-state index contributed by atoms with van der Waals surface area (Å²) in [5.41, 5.74) is 2.17. The van der Waals surface area contributed by atoms with Gasteiger partial charge in [-0.05, 0) is 42.0 Å². The molecule has 1 amide bonds. The van der Waals surface area contributed by atoms with E-state index in [1.807, 2.05) is 31.3 Å². The topological polar surface area (TPSA) is 20.3 Å². The van der Waals surface area contributed by atoms with Gasteiger partial charge < -0.3 is 4.90 Å². The molecular formula is C18H20ClNOS. The summed E-state index contributed by atoms with van der Waals surface area (Å²) in [7, 11) is 1.84. The van der Waals surface area contributed by atoms with Gasteiger partial charge in [0.05, 0.1) is 0 Å². The number of benzene rings is 2. The Kier molecular flexibility index (Phi) is 6.34. The third-order valence-corrected chi connectivity index (χ3v) is 4.68. The van der Waals surface area contributed by atoms with Gasteiger partial charge in [0.2, 0.25) is 5.91 Å². The number of carbonyl (C=O) groups excluding carboxylic acids is 1. The first-order valence-electron chi connectivity index (χ1n) is 7.20. The Morgan fingerprint density at radius 1 is 1.14 bits per heavy atom. The molecule has 116 valence electrons. The molecule has 0 spiro atoms. The van der Waals surface area contributed by atoms with Crippen molar-refractivity contribution in [2.75, 3.05) is 13.3 Å². The van der Waals surface area contributed by atoms with Crippen LogP contribution < -0.4 is 0 Å². The molecule has 0 radical (unpaired) electrons. The molecule has 0 bridgehead atoms. The van der Waals surface area contributed by atoms with E-state index >= 15 is 0 Å². The lowest BCUT2D eigenvalue weighted by atomic mass is 10.1. The van der Waals surface area contributed by atoms with Crippen LogP contribution in [0.3, 0.4) is 0 Å². The molecular weight excluding hydrogens is 314 g/mol. The van der Waals surface area contributed by atoms with E-state index in [-0.39, 0.29) is 5.91 Å². The maximum absolute atomic E-state index is 12.2. The number of rotatable bonds is 6. The maximum Gasteiger partial charge on any atom is 0.222 e. The zero-order valence-electron chi connectivity index (χ0n) is 12.9. The van der Waals surface area contributed by atoms with Crippen LogP contribution in [0.2, 0.25) is 5.02 Å². The maximum atomic E-state index is 12.2. The Hall–Kier alpha value is -1.45. The first kappa shape index (κ1) is 16.9. The standard InChI is InChI=1S/C18H20ClNOS/c1-20(13-14-7-10-16(22-2)11-8-14)18(21)12-9-15-5-3-4-6-17(15)19/h3-8,10-11H,9,12-13H2,1-2H3. The average Bonchev–Trinajstić information content (AvgIpc) is 2.54. The van der Waals surface area contributed by atoms with Crippen LogP contribution in [0.15, 0.2) is 53.4 Å². The van der Waals surface area contributed by atoms with Gasteiger partial charge in [-0.1, -0.05) is 41.9 Å². The molecule has 0 unspecified atom stereocenters. The molecule has 2 aromatic rings. The van der Waals surface area contributed by atoms with Crippen molar-refractivity contribution in [1.82, 2.24) is 4.90 Å². The lowest BCUT2D eigenvalue weighted by molar-refractivity contribution is -0.130. The highest BCUT2D eigenvalue weighted by molar-refractivity contribution is 7.98. The SMILES string of the molecule is CSc1ccc(CN(C)C(=O)CCc2ccccc2Cl)cc1. The Bertz CT molecular complexity index is 627. The number of aryl methyl sites for hydroxylation is 1. The van der Waals surface area contributed by atoms with Crippen molar-refractivity contribution in [3.05, 3.63) is 64.7 Å². The van der Waals surface area contributed by atoms with Crippen molar-refractivity contribution in [3.8, 4) is 0 Å². The minimum absolute atomic E-state index is 0.133. The van der Waals surface area contributed by atoms with Gasteiger partial charge in [0.1, 0.15) is 0 Å². The summed E-state index contributed by atoms with van der Waals surface area (Å²) in [4.78, 5) is 15.2. The Labute approximate surface area is 141 Å². The van der Waals surface area contributed by atoms with E-state index in [2.05, 4.69) is 30.5 Å². The van der Waals surface area contributed by atoms with Crippen LogP contribution in [0.1, 0.15) is 17.5 Å². The van der Waals surface area contributed by atoms with Crippen LogP contribution in [-0.2, 0) is 17.8 Å². The molecule has 0 saturated heterocycles. The number of hydrogen-bond donors (Lipinski definition) is 0. The fraction of sp³-hybridized carbons (Fsp3) is 0.278. The molecule has 0 saturated carbocycles. The Morgan fingerprint density at radius 3 is 2.45 bits per heavy atom. The number of carbonyl (C=O) groups is 1. The lowest BCUT2D eigenvalue weighted by Gasteiger charge is -2.17. The van der Waals surface area contributed by atoms with Crippen molar-refractivity contribution in [1.29, 1.82) is 0 Å². The summed E-state index contributed by atoms with van der Waals surface area (Å²) in [5.74, 6) is 0.133. The minimum Gasteiger partial charge on any atom is -0.341 e. The van der Waals surface area contributed by atoms with Crippen molar-refractivity contribution in [2.24, 2.45) is 0 Å². The summed E-state index contributed by atoms with van der Waals surface area (Å²) in [6, 6.07) is 16.0. The van der Waals surface area contributed by atoms with Gasteiger partial charge in [-0.3, -0.25) is 4.79 Å². The molecule has 0 aliphatic heterocycles. The molecule has 0 heterocycles. The van der Waals surface area contributed by atoms with Crippen LogP contribution in [0.25, 0.3) is 0 Å². The summed E-state index contributed by atoms with van der Waals surface area (Å²) < 4.78 is 0. The van der Waals surface area contributed by atoms with E-state index in [1.54, 1.807) is 16.7 Å². The summed E-state index contributed by atoms with van der Waals surface area (Å²) in [6.45, 7) is 0.635. The minimum atomic E-state index is 0.133. The van der Waals surface area contributed by atoms with E-state index in [0.717, 1.165) is 16.1 Å². The van der Waals surface area contributed by atoms with E-state index < -0.39 is 0 Å². The van der Waals surface area contributed by atoms with E-state index in [4.69, 9.17) is 11.6 Å². The Balaban J connectivity index is 1.87. The molecule has 2 aromatic carbocycles. The van der Waals surface area contributed by atoms with Gasteiger partial charge in [-0.2, -0.15) is 0 Å². The lowest BCUT2D eigenvalue weighted by Crippen LogP contribution is -2.26. The fourth-order valence-electron chi connectivity index (χ4n) is 2.23. The van der Waals surface area contributed by atoms with Gasteiger partial charge in [0, 0.05) is 29.9 Å². The zero-order chi connectivity index (χ0) is 15.9. The first-order valence-corrected chi connectivity index (χ1v) is 8.80. The Morgan fingerprint density at radius 2 is 1.82 bits per heavy atom. The second-order valence-corrected chi connectivity index (χ2v) is 6.48. The molecule has 0 aliphatic rings. The van der Waals surface area contributed by atoms with Gasteiger partial charge in [-0.25, -0.2) is 0 Å². The molecule has 2 nitrogen and oxygen atoms in total. The first-order chi connectivity index (χ1) is 10.6. The quantitative estimate of drug-likeness (QED) is 0.717. The van der Waals surface area contributed by atoms with Gasteiger partial charge in [0.25, 0.3) is 0 Å². The summed E-state index contributed by atoms with van der Waals surface area (Å²) in [5, 5.41) is 0.727. The van der Waals surface area contributed by atoms with Crippen molar-refractivity contribution < 1.29 is 4.79 Å². The van der Waals surface area contributed by atoms with Crippen molar-refractivity contribution in [2.45, 2.75) is 24.3 Å². The molecule has 0 aromatic heterocycles. The third-order valence-electron chi connectivity index (χ3n) is 3.57. The summed E-state index contributed by atoms with van der Waals surface area (Å²) >= 11 is 7.84. The van der Waals surface area contributed by atoms with Crippen LogP contribution in [0.5, 0.6) is 0 Å². The molecule has 0 aliphatic carbocycles. The van der Waals surface area contributed by atoms with Crippen molar-refractivity contribution in [3.63, 3.8) is 0 Å². The largest absolute Gasteiger partial charge is 0.341 e. The van der Waals surface area contributed by atoms with Crippen molar-refractivity contribution >= 4 is 29.3 Å². The van der Waals surface area contributed by atoms with Gasteiger partial charge in [0.15, 0.2) is 0 Å². The highest BCUT2D eigenvalue weighted by Crippen LogP contribution is 2.18. The fourth-order valence-corrected chi connectivity index (χ4v) is 2.87. The second-order valence-electron chi connectivity index (χ2n) is 5.19. The van der Waals surface area contributed by atoms with Gasteiger partial charge >= 0.3 is 0 Å². The molecule has 0 N–H and O–H groups in total. The predicted octanol–water partition coefficient (Wildman–Crippen LogP) is 4.65. The molecule has 0 atom stereocenters. The molecule has 4 heteroatoms. The van der Waals surface area contributed by atoms with E-state index in [1.165, 1.54) is 4.90 Å². The zero-order valence-corrected chi connectivity index (χ0v) is 14.5. The van der Waals surface area contributed by atoms with Crippen LogP contribution in [0.4, 0.5) is 0 Å². The highest BCUT2D eigenvalue weighted by Gasteiger charge is 2.10. The smallest absolute Gasteiger partial charge is 0.222 e. The number of hydrogen-bond acceptors (Lipinski definition) is 2.